The highest BCUT2D eigenvalue weighted by Crippen LogP contribution is 2.36. The number of fused-ring (bicyclic) bond motifs is 1. The number of halogens is 6. The number of imidazole rings is 1. The van der Waals surface area contributed by atoms with Crippen molar-refractivity contribution in [3.63, 3.8) is 0 Å². The molecule has 13 nitrogen and oxygen atoms in total. The van der Waals surface area contributed by atoms with Crippen molar-refractivity contribution in [1.82, 2.24) is 24.8 Å². The second-order valence-corrected chi connectivity index (χ2v) is 7.81. The maximum atomic E-state index is 10.6. The Kier molecular flexibility index (Phi) is 11.2. The van der Waals surface area contributed by atoms with E-state index in [1.165, 1.54) is 0 Å². The van der Waals surface area contributed by atoms with Crippen LogP contribution in [0.4, 0.5) is 32.2 Å². The lowest BCUT2D eigenvalue weighted by molar-refractivity contribution is -0.193. The monoisotopic (exact) mass is 607 g/mol. The number of hydrogen-bond acceptors (Lipinski definition) is 10. The zero-order valence-electron chi connectivity index (χ0n) is 21.5. The Morgan fingerprint density at radius 2 is 1.57 bits per heavy atom. The number of benzene rings is 1. The highest BCUT2D eigenvalue weighted by atomic mass is 19.4. The normalized spacial score (nSPS) is 11.2. The zero-order valence-corrected chi connectivity index (χ0v) is 21.5. The van der Waals surface area contributed by atoms with Gasteiger partial charge < -0.3 is 31.0 Å². The van der Waals surface area contributed by atoms with E-state index in [0.29, 0.717) is 42.5 Å². The summed E-state index contributed by atoms with van der Waals surface area (Å²) < 4.78 is 76.2. The van der Waals surface area contributed by atoms with Crippen LogP contribution in [0.2, 0.25) is 0 Å². The van der Waals surface area contributed by atoms with Crippen molar-refractivity contribution in [1.29, 1.82) is 0 Å². The molecule has 0 bridgehead atoms. The molecule has 19 heteroatoms. The molecule has 0 radical (unpaired) electrons. The molecule has 3 heterocycles. The first-order valence-electron chi connectivity index (χ1n) is 11.6. The standard InChI is InChI=1S/C19H21N7O2.2C2HF3O2/c1-2-26-17-13(27-10-6-9-20)11-22-14(12-7-4-3-5-8-12)15(17)23-19(26)16-18(21)25-28-24-16;2*3-2(4,5)1(6)7/h3-5,7-8,11H,2,6,9-10,20H2,1H3,(H2,21,25);2*(H,6,7). The van der Waals surface area contributed by atoms with Gasteiger partial charge in [0.25, 0.3) is 0 Å². The summed E-state index contributed by atoms with van der Waals surface area (Å²) in [6.45, 7) is 3.69. The van der Waals surface area contributed by atoms with Crippen LogP contribution < -0.4 is 16.2 Å². The average Bonchev–Trinajstić information content (AvgIpc) is 3.52. The summed E-state index contributed by atoms with van der Waals surface area (Å²) in [5.41, 5.74) is 15.2. The molecule has 0 aliphatic carbocycles. The van der Waals surface area contributed by atoms with Crippen molar-refractivity contribution < 1.29 is 55.5 Å². The summed E-state index contributed by atoms with van der Waals surface area (Å²) in [4.78, 5) is 27.2. The van der Waals surface area contributed by atoms with Crippen molar-refractivity contribution in [2.24, 2.45) is 5.73 Å². The van der Waals surface area contributed by atoms with E-state index in [9.17, 15) is 26.3 Å². The quantitative estimate of drug-likeness (QED) is 0.175. The van der Waals surface area contributed by atoms with Gasteiger partial charge in [-0.2, -0.15) is 26.3 Å². The molecule has 0 amide bonds. The number of nitrogens with zero attached hydrogens (tertiary/aromatic N) is 5. The Hall–Kier alpha value is -4.94. The fraction of sp³-hybridized carbons (Fsp3) is 0.304. The molecule has 0 unspecified atom stereocenters. The summed E-state index contributed by atoms with van der Waals surface area (Å²) >= 11 is 0. The molecule has 0 atom stereocenters. The summed E-state index contributed by atoms with van der Waals surface area (Å²) in [5, 5.41) is 21.9. The van der Waals surface area contributed by atoms with Gasteiger partial charge in [0.15, 0.2) is 23.1 Å². The third-order valence-corrected chi connectivity index (χ3v) is 4.92. The number of carboxylic acid groups (broad SMARTS) is 2. The Morgan fingerprint density at radius 3 is 2.02 bits per heavy atom. The Morgan fingerprint density at radius 1 is 1.00 bits per heavy atom. The molecule has 0 saturated heterocycles. The summed E-state index contributed by atoms with van der Waals surface area (Å²) in [6.07, 6.45) is -7.70. The zero-order chi connectivity index (χ0) is 31.7. The number of anilines is 1. The molecule has 228 valence electrons. The number of rotatable bonds is 7. The molecule has 6 N–H and O–H groups in total. The van der Waals surface area contributed by atoms with Gasteiger partial charge in [0, 0.05) is 12.1 Å². The number of nitrogens with two attached hydrogens (primary N) is 2. The molecule has 1 aromatic carbocycles. The SMILES string of the molecule is CCn1c(-c2nonc2N)nc2c(-c3ccccc3)ncc(OCCCN)c21.O=C(O)C(F)(F)F.O=C(O)C(F)(F)F. The highest BCUT2D eigenvalue weighted by molar-refractivity contribution is 5.95. The van der Waals surface area contributed by atoms with E-state index in [2.05, 4.69) is 15.3 Å². The fourth-order valence-electron chi connectivity index (χ4n) is 3.13. The summed E-state index contributed by atoms with van der Waals surface area (Å²) in [6, 6.07) is 9.88. The number of carbonyl (C=O) groups is 2. The molecular weight excluding hydrogens is 584 g/mol. The van der Waals surface area contributed by atoms with Crippen LogP contribution in [-0.2, 0) is 16.1 Å². The van der Waals surface area contributed by atoms with Crippen LogP contribution in [0.1, 0.15) is 13.3 Å². The average molecular weight is 607 g/mol. The van der Waals surface area contributed by atoms with Gasteiger partial charge in [0.2, 0.25) is 0 Å². The van der Waals surface area contributed by atoms with E-state index in [1.54, 1.807) is 6.20 Å². The number of alkyl halides is 6. The first-order valence-corrected chi connectivity index (χ1v) is 11.6. The van der Waals surface area contributed by atoms with Gasteiger partial charge in [-0.15, -0.1) is 0 Å². The number of aromatic nitrogens is 5. The van der Waals surface area contributed by atoms with E-state index < -0.39 is 24.3 Å². The number of carboxylic acids is 2. The van der Waals surface area contributed by atoms with Crippen LogP contribution in [0.5, 0.6) is 5.75 Å². The van der Waals surface area contributed by atoms with Gasteiger partial charge in [-0.25, -0.2) is 24.2 Å². The highest BCUT2D eigenvalue weighted by Gasteiger charge is 2.38. The van der Waals surface area contributed by atoms with E-state index in [0.717, 1.165) is 23.2 Å². The number of ether oxygens (including phenoxy) is 1. The molecule has 3 aromatic heterocycles. The largest absolute Gasteiger partial charge is 0.490 e. The van der Waals surface area contributed by atoms with Crippen molar-refractivity contribution in [3.8, 4) is 28.5 Å². The maximum Gasteiger partial charge on any atom is 0.490 e. The molecular formula is C23H23F6N7O6. The minimum Gasteiger partial charge on any atom is -0.490 e. The predicted molar refractivity (Wildman–Crippen MR) is 133 cm³/mol. The molecule has 0 aliphatic heterocycles. The van der Waals surface area contributed by atoms with Crippen LogP contribution in [-0.4, -0.2) is 72.5 Å². The number of pyridine rings is 1. The van der Waals surface area contributed by atoms with E-state index >= 15 is 0 Å². The second-order valence-electron chi connectivity index (χ2n) is 7.81. The van der Waals surface area contributed by atoms with Crippen molar-refractivity contribution in [3.05, 3.63) is 36.5 Å². The molecule has 0 saturated carbocycles. The van der Waals surface area contributed by atoms with Gasteiger partial charge >= 0.3 is 24.3 Å². The molecule has 0 fully saturated rings. The Labute approximate surface area is 231 Å². The minimum absolute atomic E-state index is 0.185. The second kappa shape index (κ2) is 14.1. The van der Waals surface area contributed by atoms with Crippen LogP contribution >= 0.6 is 0 Å². The fourth-order valence-corrected chi connectivity index (χ4v) is 3.13. The summed E-state index contributed by atoms with van der Waals surface area (Å²) in [5.74, 6) is -4.13. The van der Waals surface area contributed by atoms with Gasteiger partial charge in [-0.3, -0.25) is 0 Å². The summed E-state index contributed by atoms with van der Waals surface area (Å²) in [7, 11) is 0. The van der Waals surface area contributed by atoms with Crippen molar-refractivity contribution >= 4 is 28.8 Å². The topological polar surface area (TPSA) is 205 Å². The van der Waals surface area contributed by atoms with Crippen LogP contribution in [0.15, 0.2) is 41.2 Å². The number of aryl methyl sites for hydroxylation is 1. The number of aliphatic carboxylic acids is 2. The third-order valence-electron chi connectivity index (χ3n) is 4.92. The van der Waals surface area contributed by atoms with Crippen LogP contribution in [0.3, 0.4) is 0 Å². The first kappa shape index (κ1) is 33.3. The minimum atomic E-state index is -5.08. The van der Waals surface area contributed by atoms with E-state index in [4.69, 9.17) is 45.6 Å². The molecule has 0 aliphatic rings. The van der Waals surface area contributed by atoms with E-state index in [-0.39, 0.29) is 5.82 Å². The van der Waals surface area contributed by atoms with Crippen LogP contribution in [0.25, 0.3) is 33.8 Å². The lowest BCUT2D eigenvalue weighted by Gasteiger charge is -2.11. The molecule has 0 spiro atoms. The third kappa shape index (κ3) is 8.53. The molecule has 4 aromatic rings. The van der Waals surface area contributed by atoms with Gasteiger partial charge in [0.1, 0.15) is 11.0 Å². The lowest BCUT2D eigenvalue weighted by atomic mass is 10.1. The van der Waals surface area contributed by atoms with Crippen molar-refractivity contribution in [2.45, 2.75) is 32.2 Å². The maximum absolute atomic E-state index is 10.6. The van der Waals surface area contributed by atoms with Crippen molar-refractivity contribution in [2.75, 3.05) is 18.9 Å². The first-order chi connectivity index (χ1) is 19.6. The predicted octanol–water partition coefficient (Wildman–Crippen LogP) is 3.74. The van der Waals surface area contributed by atoms with Gasteiger partial charge in [-0.1, -0.05) is 30.3 Å². The Balaban J connectivity index is 0.000000367. The van der Waals surface area contributed by atoms with Gasteiger partial charge in [0.05, 0.1) is 18.5 Å². The lowest BCUT2D eigenvalue weighted by Crippen LogP contribution is -2.21. The van der Waals surface area contributed by atoms with Gasteiger partial charge in [-0.05, 0) is 30.2 Å². The Bertz CT molecular complexity index is 1460. The number of nitrogen functional groups attached to an aromatic ring is 1. The molecule has 42 heavy (non-hydrogen) atoms. The smallest absolute Gasteiger partial charge is 0.490 e. The molecule has 4 rings (SSSR count). The number of hydrogen-bond donors (Lipinski definition) is 4. The van der Waals surface area contributed by atoms with Crippen LogP contribution in [0, 0.1) is 0 Å². The van der Waals surface area contributed by atoms with E-state index in [1.807, 2.05) is 41.8 Å².